The number of carbonyl (C=O) groups excluding carboxylic acids is 1. The molecule has 1 amide bonds. The number of carbonyl (C=O) groups is 1. The van der Waals surface area contributed by atoms with Gasteiger partial charge in [-0.1, -0.05) is 30.4 Å². The fraction of sp³-hybridized carbons (Fsp3) is 0.167. The van der Waals surface area contributed by atoms with Gasteiger partial charge in [0.15, 0.2) is 12.4 Å². The summed E-state index contributed by atoms with van der Waals surface area (Å²) in [6, 6.07) is 10.2. The molecule has 0 saturated carbocycles. The molecule has 3 aromatic rings. The van der Waals surface area contributed by atoms with Crippen molar-refractivity contribution in [3.8, 4) is 11.1 Å². The van der Waals surface area contributed by atoms with Crippen molar-refractivity contribution in [2.45, 2.75) is 13.1 Å². The van der Waals surface area contributed by atoms with Crippen LogP contribution in [0.5, 0.6) is 0 Å². The summed E-state index contributed by atoms with van der Waals surface area (Å²) in [5.41, 5.74) is 1.93. The Labute approximate surface area is 182 Å². The first-order valence-electron chi connectivity index (χ1n) is 10.2. The van der Waals surface area contributed by atoms with Crippen LogP contribution in [-0.4, -0.2) is 34.1 Å². The van der Waals surface area contributed by atoms with E-state index in [1.165, 1.54) is 12.1 Å². The summed E-state index contributed by atoms with van der Waals surface area (Å²) in [4.78, 5) is 15.9. The highest BCUT2D eigenvalue weighted by molar-refractivity contribution is 6.02. The molecule has 0 radical (unpaired) electrons. The quantitative estimate of drug-likeness (QED) is 0.477. The summed E-state index contributed by atoms with van der Waals surface area (Å²) in [6.45, 7) is 1.89. The van der Waals surface area contributed by atoms with E-state index in [9.17, 15) is 18.8 Å². The van der Waals surface area contributed by atoms with Gasteiger partial charge in [0, 0.05) is 22.6 Å². The predicted molar refractivity (Wildman–Crippen MR) is 116 cm³/mol. The van der Waals surface area contributed by atoms with Gasteiger partial charge < -0.3 is 14.9 Å². The van der Waals surface area contributed by atoms with Crippen LogP contribution in [0, 0.1) is 22.8 Å². The van der Waals surface area contributed by atoms with Crippen LogP contribution < -0.4 is 5.32 Å². The Kier molecular flexibility index (Phi) is 4.77. The molecule has 2 unspecified atom stereocenters. The topological polar surface area (TPSA) is 80.2 Å². The standard InChI is InChI=1S/C24H19F2N3O3/c1-13-4-2-7-20-23(13)29(31)21(12-32-20)28-24(30)19-10-14-5-3-6-17(22(14)27-19)16-9-8-15(25)11-18(16)26/h2-11,13,21,27H,12H2,1H3,(H,28,30). The Morgan fingerprint density at radius 1 is 1.22 bits per heavy atom. The van der Waals surface area contributed by atoms with Gasteiger partial charge in [-0.3, -0.25) is 10.1 Å². The zero-order chi connectivity index (χ0) is 22.4. The Hall–Kier alpha value is -3.94. The number of amides is 1. The van der Waals surface area contributed by atoms with Crippen molar-refractivity contribution in [3.63, 3.8) is 0 Å². The highest BCUT2D eigenvalue weighted by Crippen LogP contribution is 2.31. The molecular weight excluding hydrogens is 416 g/mol. The number of halogens is 2. The van der Waals surface area contributed by atoms with Gasteiger partial charge in [0.1, 0.15) is 17.3 Å². The van der Waals surface area contributed by atoms with Crippen LogP contribution in [0.2, 0.25) is 0 Å². The van der Waals surface area contributed by atoms with Crippen LogP contribution in [0.15, 0.2) is 66.5 Å². The predicted octanol–water partition coefficient (Wildman–Crippen LogP) is 4.24. The molecular formula is C24H19F2N3O3. The summed E-state index contributed by atoms with van der Waals surface area (Å²) < 4.78 is 34.1. The number of allylic oxidation sites excluding steroid dienone is 4. The van der Waals surface area contributed by atoms with Gasteiger partial charge in [-0.15, -0.1) is 0 Å². The van der Waals surface area contributed by atoms with Crippen LogP contribution in [0.4, 0.5) is 8.78 Å². The van der Waals surface area contributed by atoms with Gasteiger partial charge in [0.2, 0.25) is 5.71 Å². The SMILES string of the molecule is CC1C=CC=C2OCC(NC(=O)c3cc4cccc(-c5ccc(F)cc5F)c4[nH]3)[N+]([O-])=C21. The first kappa shape index (κ1) is 20.0. The Bertz CT molecular complexity index is 1340. The van der Waals surface area contributed by atoms with Crippen LogP contribution in [0.3, 0.4) is 0 Å². The normalized spacial score (nSPS) is 20.0. The maximum atomic E-state index is 14.4. The van der Waals surface area contributed by atoms with Crippen LogP contribution in [0.25, 0.3) is 22.0 Å². The second-order valence-corrected chi connectivity index (χ2v) is 7.79. The lowest BCUT2D eigenvalue weighted by Crippen LogP contribution is -2.51. The number of fused-ring (bicyclic) bond motifs is 2. The molecule has 162 valence electrons. The number of para-hydroxylation sites is 1. The van der Waals surface area contributed by atoms with Gasteiger partial charge in [-0.05, 0) is 31.2 Å². The molecule has 2 heterocycles. The van der Waals surface area contributed by atoms with Gasteiger partial charge in [0.05, 0.1) is 11.4 Å². The van der Waals surface area contributed by atoms with Gasteiger partial charge in [-0.25, -0.2) is 8.78 Å². The number of ether oxygens (including phenoxy) is 1. The van der Waals surface area contributed by atoms with Crippen molar-refractivity contribution >= 4 is 22.5 Å². The third kappa shape index (κ3) is 3.33. The molecule has 32 heavy (non-hydrogen) atoms. The Morgan fingerprint density at radius 2 is 2.06 bits per heavy atom. The van der Waals surface area contributed by atoms with Gasteiger partial charge in [-0.2, -0.15) is 4.74 Å². The summed E-state index contributed by atoms with van der Waals surface area (Å²) in [5.74, 6) is -1.48. The number of nitrogens with one attached hydrogen (secondary N) is 2. The van der Waals surface area contributed by atoms with Crippen LogP contribution in [-0.2, 0) is 4.74 Å². The summed E-state index contributed by atoms with van der Waals surface area (Å²) >= 11 is 0. The molecule has 6 nitrogen and oxygen atoms in total. The third-order valence-corrected chi connectivity index (χ3v) is 5.67. The number of hydrogen-bond donors (Lipinski definition) is 2. The lowest BCUT2D eigenvalue weighted by Gasteiger charge is -2.29. The lowest BCUT2D eigenvalue weighted by atomic mass is 9.98. The molecule has 5 rings (SSSR count). The molecule has 1 aliphatic heterocycles. The molecule has 0 bridgehead atoms. The van der Waals surface area contributed by atoms with E-state index in [0.717, 1.165) is 10.8 Å². The fourth-order valence-electron chi connectivity index (χ4n) is 4.09. The number of aromatic amines is 1. The molecule has 0 spiro atoms. The largest absolute Gasteiger partial charge is 0.622 e. The molecule has 1 aliphatic carbocycles. The van der Waals surface area contributed by atoms with Crippen molar-refractivity contribution in [2.24, 2.45) is 5.92 Å². The van der Waals surface area contributed by atoms with E-state index < -0.39 is 23.7 Å². The highest BCUT2D eigenvalue weighted by atomic mass is 19.1. The van der Waals surface area contributed by atoms with Crippen LogP contribution >= 0.6 is 0 Å². The average molecular weight is 435 g/mol. The molecule has 1 aromatic heterocycles. The van der Waals surface area contributed by atoms with E-state index in [1.807, 2.05) is 19.1 Å². The number of rotatable bonds is 3. The summed E-state index contributed by atoms with van der Waals surface area (Å²) in [7, 11) is 0. The molecule has 0 fully saturated rings. The molecule has 8 heteroatoms. The molecule has 2 atom stereocenters. The maximum Gasteiger partial charge on any atom is 0.273 e. The minimum atomic E-state index is -0.885. The number of hydroxylamine groups is 1. The molecule has 2 aliphatic rings. The van der Waals surface area contributed by atoms with Crippen molar-refractivity contribution in [1.29, 1.82) is 0 Å². The van der Waals surface area contributed by atoms with E-state index in [2.05, 4.69) is 10.3 Å². The number of hydrogen-bond acceptors (Lipinski definition) is 3. The average Bonchev–Trinajstić information content (AvgIpc) is 3.21. The lowest BCUT2D eigenvalue weighted by molar-refractivity contribution is -0.518. The minimum Gasteiger partial charge on any atom is -0.622 e. The molecule has 2 N–H and O–H groups in total. The number of aromatic nitrogens is 1. The molecule has 2 aromatic carbocycles. The fourth-order valence-corrected chi connectivity index (χ4v) is 4.09. The zero-order valence-corrected chi connectivity index (χ0v) is 17.1. The van der Waals surface area contributed by atoms with Crippen molar-refractivity contribution in [1.82, 2.24) is 10.3 Å². The van der Waals surface area contributed by atoms with E-state index >= 15 is 0 Å². The van der Waals surface area contributed by atoms with E-state index in [4.69, 9.17) is 4.74 Å². The smallest absolute Gasteiger partial charge is 0.273 e. The highest BCUT2D eigenvalue weighted by Gasteiger charge is 2.36. The number of benzene rings is 2. The van der Waals surface area contributed by atoms with Crippen molar-refractivity contribution in [3.05, 3.63) is 89.0 Å². The zero-order valence-electron chi connectivity index (χ0n) is 17.1. The number of nitrogens with zero attached hydrogens (tertiary/aromatic N) is 1. The van der Waals surface area contributed by atoms with E-state index in [1.54, 1.807) is 30.3 Å². The maximum absolute atomic E-state index is 14.4. The summed E-state index contributed by atoms with van der Waals surface area (Å²) in [6.07, 6.45) is 4.56. The second-order valence-electron chi connectivity index (χ2n) is 7.79. The first-order valence-corrected chi connectivity index (χ1v) is 10.2. The second kappa shape index (κ2) is 7.64. The van der Waals surface area contributed by atoms with E-state index in [0.29, 0.717) is 27.9 Å². The van der Waals surface area contributed by atoms with Crippen LogP contribution in [0.1, 0.15) is 17.4 Å². The molecule has 0 saturated heterocycles. The van der Waals surface area contributed by atoms with Crippen molar-refractivity contribution in [2.75, 3.05) is 6.61 Å². The minimum absolute atomic E-state index is 0.0113. The monoisotopic (exact) mass is 435 g/mol. The van der Waals surface area contributed by atoms with Gasteiger partial charge in [0.25, 0.3) is 12.1 Å². The number of H-pyrrole nitrogens is 1. The Morgan fingerprint density at radius 3 is 2.88 bits per heavy atom. The Balaban J connectivity index is 1.46. The van der Waals surface area contributed by atoms with Gasteiger partial charge >= 0.3 is 0 Å². The first-order chi connectivity index (χ1) is 15.4. The van der Waals surface area contributed by atoms with Crippen molar-refractivity contribution < 1.29 is 23.1 Å². The summed E-state index contributed by atoms with van der Waals surface area (Å²) in [5, 5.41) is 16.2. The third-order valence-electron chi connectivity index (χ3n) is 5.67. The van der Waals surface area contributed by atoms with E-state index in [-0.39, 0.29) is 23.8 Å².